The summed E-state index contributed by atoms with van der Waals surface area (Å²) in [6.07, 6.45) is -0.983. The second-order valence-electron chi connectivity index (χ2n) is 4.08. The topological polar surface area (TPSA) is 64.1 Å². The Morgan fingerprint density at radius 1 is 1.58 bits per heavy atom. The molecule has 0 amide bonds. The molecule has 104 valence electrons. The highest BCUT2D eigenvalue weighted by atomic mass is 79.9. The highest BCUT2D eigenvalue weighted by Crippen LogP contribution is 2.30. The summed E-state index contributed by atoms with van der Waals surface area (Å²) in [6.45, 7) is -0.954. The van der Waals surface area contributed by atoms with Crippen molar-refractivity contribution in [1.82, 2.24) is 9.55 Å². The maximum atomic E-state index is 13.4. The zero-order valence-corrected chi connectivity index (χ0v) is 11.3. The molecular formula is C11H11BrF2N2O3. The number of hydrogen-bond acceptors (Lipinski definition) is 3. The lowest BCUT2D eigenvalue weighted by molar-refractivity contribution is -0.0209. The molecule has 3 unspecified atom stereocenters. The van der Waals surface area contributed by atoms with E-state index in [1.807, 2.05) is 0 Å². The Morgan fingerprint density at radius 2 is 2.32 bits per heavy atom. The van der Waals surface area contributed by atoms with Gasteiger partial charge >= 0.3 is 5.69 Å². The summed E-state index contributed by atoms with van der Waals surface area (Å²) in [6, 6.07) is 0. The van der Waals surface area contributed by atoms with Crippen LogP contribution in [0.5, 0.6) is 0 Å². The second-order valence-corrected chi connectivity index (χ2v) is 4.61. The first-order valence-corrected chi connectivity index (χ1v) is 6.46. The van der Waals surface area contributed by atoms with E-state index >= 15 is 0 Å². The molecule has 1 aliphatic rings. The minimum absolute atomic E-state index is 0.127. The number of aromatic amines is 1. The van der Waals surface area contributed by atoms with Crippen molar-refractivity contribution in [3.63, 3.8) is 0 Å². The number of halogens is 3. The van der Waals surface area contributed by atoms with Gasteiger partial charge in [0.1, 0.15) is 25.2 Å². The van der Waals surface area contributed by atoms with Crippen LogP contribution < -0.4 is 11.2 Å². The molecule has 0 spiro atoms. The monoisotopic (exact) mass is 336 g/mol. The number of nitrogens with zero attached hydrogens (tertiary/aromatic N) is 1. The predicted octanol–water partition coefficient (Wildman–Crippen LogP) is 1.50. The number of hydrogen-bond donors (Lipinski definition) is 1. The molecule has 19 heavy (non-hydrogen) atoms. The average molecular weight is 337 g/mol. The molecule has 1 N–H and O–H groups in total. The summed E-state index contributed by atoms with van der Waals surface area (Å²) in [4.78, 5) is 26.7. The first-order valence-electron chi connectivity index (χ1n) is 5.54. The average Bonchev–Trinajstić information content (AvgIpc) is 2.74. The molecule has 1 fully saturated rings. The van der Waals surface area contributed by atoms with Gasteiger partial charge in [-0.05, 0) is 11.1 Å². The van der Waals surface area contributed by atoms with Gasteiger partial charge in [0.15, 0.2) is 0 Å². The lowest BCUT2D eigenvalue weighted by Gasteiger charge is -2.14. The molecule has 2 heterocycles. The van der Waals surface area contributed by atoms with Crippen LogP contribution in [0.4, 0.5) is 8.78 Å². The van der Waals surface area contributed by atoms with Crippen LogP contribution in [0.1, 0.15) is 18.2 Å². The lowest BCUT2D eigenvalue weighted by Crippen LogP contribution is -2.33. The Hall–Kier alpha value is -1.28. The van der Waals surface area contributed by atoms with Gasteiger partial charge in [-0.1, -0.05) is 15.9 Å². The molecule has 0 aliphatic carbocycles. The van der Waals surface area contributed by atoms with Gasteiger partial charge in [0, 0.05) is 12.6 Å². The standard InChI is InChI=1S/C11H11BrF2N2O3/c12-2-1-6-5-16(11(18)15-10(6)17)9-3-7(14)8(4-13)19-9/h1-2,5,7-9H,3-4H2,(H,15,17,18)/b2-1+. The van der Waals surface area contributed by atoms with Crippen molar-refractivity contribution < 1.29 is 13.5 Å². The minimum Gasteiger partial charge on any atom is -0.349 e. The van der Waals surface area contributed by atoms with Crippen molar-refractivity contribution in [3.05, 3.63) is 37.6 Å². The zero-order valence-electron chi connectivity index (χ0n) is 9.68. The molecule has 0 bridgehead atoms. The van der Waals surface area contributed by atoms with E-state index in [4.69, 9.17) is 4.74 Å². The quantitative estimate of drug-likeness (QED) is 0.909. The van der Waals surface area contributed by atoms with E-state index in [2.05, 4.69) is 20.9 Å². The number of alkyl halides is 2. The van der Waals surface area contributed by atoms with Crippen molar-refractivity contribution in [1.29, 1.82) is 0 Å². The van der Waals surface area contributed by atoms with Gasteiger partial charge in [-0.15, -0.1) is 0 Å². The molecule has 1 saturated heterocycles. The molecular weight excluding hydrogens is 326 g/mol. The number of ether oxygens (including phenoxy) is 1. The van der Waals surface area contributed by atoms with E-state index < -0.39 is 36.4 Å². The maximum Gasteiger partial charge on any atom is 0.330 e. The van der Waals surface area contributed by atoms with Gasteiger partial charge < -0.3 is 4.74 Å². The Labute approximate surface area is 115 Å². The van der Waals surface area contributed by atoms with Gasteiger partial charge in [-0.25, -0.2) is 13.6 Å². The van der Waals surface area contributed by atoms with Crippen LogP contribution in [0.15, 0.2) is 20.8 Å². The molecule has 1 aromatic rings. The molecule has 3 atom stereocenters. The number of rotatable bonds is 3. The van der Waals surface area contributed by atoms with E-state index in [0.29, 0.717) is 0 Å². The van der Waals surface area contributed by atoms with E-state index in [0.717, 1.165) is 4.57 Å². The third-order valence-corrected chi connectivity index (χ3v) is 3.13. The van der Waals surface area contributed by atoms with Gasteiger partial charge in [-0.3, -0.25) is 14.3 Å². The van der Waals surface area contributed by atoms with Crippen molar-refractivity contribution in [3.8, 4) is 0 Å². The van der Waals surface area contributed by atoms with Crippen LogP contribution in [0.25, 0.3) is 6.08 Å². The van der Waals surface area contributed by atoms with Gasteiger partial charge in [0.25, 0.3) is 5.56 Å². The summed E-state index contributed by atoms with van der Waals surface area (Å²) < 4.78 is 32.1. The van der Waals surface area contributed by atoms with Crippen molar-refractivity contribution in [2.75, 3.05) is 6.67 Å². The lowest BCUT2D eigenvalue weighted by atomic mass is 10.2. The molecule has 8 heteroatoms. The van der Waals surface area contributed by atoms with Gasteiger partial charge in [0.2, 0.25) is 0 Å². The van der Waals surface area contributed by atoms with Crippen LogP contribution in [0.3, 0.4) is 0 Å². The highest BCUT2D eigenvalue weighted by Gasteiger charge is 2.36. The predicted molar refractivity (Wildman–Crippen MR) is 68.7 cm³/mol. The van der Waals surface area contributed by atoms with Crippen molar-refractivity contribution in [2.24, 2.45) is 0 Å². The molecule has 0 saturated carbocycles. The maximum absolute atomic E-state index is 13.4. The van der Waals surface area contributed by atoms with Crippen LogP contribution >= 0.6 is 15.9 Å². The minimum atomic E-state index is -1.47. The Balaban J connectivity index is 2.38. The van der Waals surface area contributed by atoms with Crippen LogP contribution in [0, 0.1) is 0 Å². The second kappa shape index (κ2) is 5.79. The first kappa shape index (κ1) is 14.1. The van der Waals surface area contributed by atoms with Crippen LogP contribution in [-0.4, -0.2) is 28.5 Å². The van der Waals surface area contributed by atoms with Crippen molar-refractivity contribution >= 4 is 22.0 Å². The van der Waals surface area contributed by atoms with Crippen molar-refractivity contribution in [2.45, 2.75) is 24.9 Å². The summed E-state index contributed by atoms with van der Waals surface area (Å²) in [5, 5.41) is 0. The van der Waals surface area contributed by atoms with E-state index in [1.54, 1.807) is 0 Å². The normalized spacial score (nSPS) is 27.2. The molecule has 1 aliphatic heterocycles. The van der Waals surface area contributed by atoms with Crippen LogP contribution in [0.2, 0.25) is 0 Å². The number of H-pyrrole nitrogens is 1. The Kier molecular flexibility index (Phi) is 4.31. The highest BCUT2D eigenvalue weighted by molar-refractivity contribution is 9.11. The summed E-state index contributed by atoms with van der Waals surface area (Å²) >= 11 is 3.02. The third kappa shape index (κ3) is 2.84. The fourth-order valence-corrected chi connectivity index (χ4v) is 2.19. The van der Waals surface area contributed by atoms with Crippen LogP contribution in [-0.2, 0) is 4.74 Å². The fourth-order valence-electron chi connectivity index (χ4n) is 1.90. The van der Waals surface area contributed by atoms with E-state index in [1.165, 1.54) is 17.3 Å². The smallest absolute Gasteiger partial charge is 0.330 e. The number of nitrogens with one attached hydrogen (secondary N) is 1. The largest absolute Gasteiger partial charge is 0.349 e. The molecule has 1 aromatic heterocycles. The molecule has 0 aromatic carbocycles. The Morgan fingerprint density at radius 3 is 2.89 bits per heavy atom. The summed E-state index contributed by atoms with van der Waals surface area (Å²) in [5.74, 6) is 0. The summed E-state index contributed by atoms with van der Waals surface area (Å²) in [5.41, 5.74) is -1.07. The first-order chi connectivity index (χ1) is 9.06. The SMILES string of the molecule is O=c1[nH]c(=O)n(C2CC(F)C(CF)O2)cc1/C=C/Br. The molecule has 5 nitrogen and oxygen atoms in total. The molecule has 0 radical (unpaired) electrons. The van der Waals surface area contributed by atoms with Gasteiger partial charge in [-0.2, -0.15) is 0 Å². The van der Waals surface area contributed by atoms with E-state index in [9.17, 15) is 18.4 Å². The fraction of sp³-hybridized carbons (Fsp3) is 0.455. The van der Waals surface area contributed by atoms with E-state index in [-0.39, 0.29) is 12.0 Å². The molecule has 2 rings (SSSR count). The zero-order chi connectivity index (χ0) is 14.0. The van der Waals surface area contributed by atoms with Gasteiger partial charge in [0.05, 0.1) is 5.56 Å². The number of aromatic nitrogens is 2. The summed E-state index contributed by atoms with van der Waals surface area (Å²) in [7, 11) is 0. The third-order valence-electron chi connectivity index (χ3n) is 2.86. The Bertz CT molecular complexity index is 598.